The maximum absolute atomic E-state index is 12.5. The zero-order valence-corrected chi connectivity index (χ0v) is 18.8. The number of hydrogen-bond acceptors (Lipinski definition) is 8. The zero-order valence-electron chi connectivity index (χ0n) is 18.8. The van der Waals surface area contributed by atoms with Gasteiger partial charge in [-0.1, -0.05) is 25.3 Å². The molecule has 1 fully saturated rings. The Morgan fingerprint density at radius 1 is 0.970 bits per heavy atom. The van der Waals surface area contributed by atoms with Crippen LogP contribution in [0.2, 0.25) is 0 Å². The summed E-state index contributed by atoms with van der Waals surface area (Å²) in [6.07, 6.45) is 4.07. The molecule has 1 N–H and O–H groups in total. The molecule has 0 aliphatic heterocycles. The topological polar surface area (TPSA) is 108 Å². The van der Waals surface area contributed by atoms with Crippen molar-refractivity contribution >= 4 is 17.9 Å². The Morgan fingerprint density at radius 2 is 1.52 bits per heavy atom. The molecule has 0 amide bonds. The second-order valence-electron chi connectivity index (χ2n) is 7.54. The number of ether oxygens (including phenoxy) is 4. The molecule has 8 nitrogen and oxygen atoms in total. The van der Waals surface area contributed by atoms with Crippen molar-refractivity contribution in [2.24, 2.45) is 0 Å². The van der Waals surface area contributed by atoms with Crippen molar-refractivity contribution in [2.45, 2.75) is 38.7 Å². The van der Waals surface area contributed by atoms with Crippen LogP contribution in [0.3, 0.4) is 0 Å². The van der Waals surface area contributed by atoms with Crippen LogP contribution in [0.4, 0.5) is 0 Å². The molecular formula is C25H30O8. The molecule has 2 rings (SSSR count). The standard InChI is InChI=1S/C25H30O8/c1-4-22(27)30-13-14-31-24(28)20-11-7-8-12-21(20)25(29)33-16-19(26)15-32-23(17(2)3)18-9-5-6-10-18/h4,7-8,11-12,19,26H,1-2,5-6,9-10,13-16H2,3H3. The van der Waals surface area contributed by atoms with E-state index in [9.17, 15) is 19.5 Å². The van der Waals surface area contributed by atoms with Gasteiger partial charge in [0.2, 0.25) is 0 Å². The number of allylic oxidation sites excluding steroid dienone is 2. The molecule has 1 unspecified atom stereocenters. The van der Waals surface area contributed by atoms with E-state index in [0.717, 1.165) is 37.3 Å². The molecule has 0 heterocycles. The molecule has 0 radical (unpaired) electrons. The van der Waals surface area contributed by atoms with Crippen molar-refractivity contribution in [3.63, 3.8) is 0 Å². The Bertz CT molecular complexity index is 907. The van der Waals surface area contributed by atoms with Crippen LogP contribution in [0, 0.1) is 0 Å². The van der Waals surface area contributed by atoms with E-state index >= 15 is 0 Å². The number of rotatable bonds is 12. The van der Waals surface area contributed by atoms with Crippen molar-refractivity contribution in [3.8, 4) is 0 Å². The van der Waals surface area contributed by atoms with Crippen LogP contribution in [0.1, 0.15) is 53.3 Å². The van der Waals surface area contributed by atoms with E-state index in [1.807, 2.05) is 6.92 Å². The van der Waals surface area contributed by atoms with E-state index in [1.165, 1.54) is 17.7 Å². The molecule has 0 spiro atoms. The number of aliphatic hydroxyl groups is 1. The first-order chi connectivity index (χ1) is 15.8. The van der Waals surface area contributed by atoms with Crippen LogP contribution in [-0.4, -0.2) is 55.5 Å². The molecule has 0 aromatic heterocycles. The molecule has 1 aliphatic rings. The van der Waals surface area contributed by atoms with Gasteiger partial charge in [-0.25, -0.2) is 14.4 Å². The number of benzene rings is 1. The minimum absolute atomic E-state index is 0.00109. The molecule has 0 bridgehead atoms. The van der Waals surface area contributed by atoms with Gasteiger partial charge in [-0.15, -0.1) is 0 Å². The Balaban J connectivity index is 1.87. The van der Waals surface area contributed by atoms with E-state index < -0.39 is 24.0 Å². The Kier molecular flexibility index (Phi) is 10.4. The second kappa shape index (κ2) is 13.2. The largest absolute Gasteiger partial charge is 0.491 e. The van der Waals surface area contributed by atoms with Gasteiger partial charge in [-0.2, -0.15) is 0 Å². The average molecular weight is 459 g/mol. The molecule has 1 saturated carbocycles. The van der Waals surface area contributed by atoms with Crippen molar-refractivity contribution in [3.05, 3.63) is 71.5 Å². The van der Waals surface area contributed by atoms with Crippen LogP contribution >= 0.6 is 0 Å². The van der Waals surface area contributed by atoms with Crippen LogP contribution < -0.4 is 0 Å². The predicted molar refractivity (Wildman–Crippen MR) is 120 cm³/mol. The van der Waals surface area contributed by atoms with Crippen molar-refractivity contribution in [1.82, 2.24) is 0 Å². The number of carbonyl (C=O) groups is 3. The molecule has 1 atom stereocenters. The summed E-state index contributed by atoms with van der Waals surface area (Å²) in [5.74, 6) is -1.47. The maximum atomic E-state index is 12.5. The summed E-state index contributed by atoms with van der Waals surface area (Å²) in [5.41, 5.74) is 1.98. The summed E-state index contributed by atoms with van der Waals surface area (Å²) in [4.78, 5) is 35.8. The van der Waals surface area contributed by atoms with Crippen LogP contribution in [-0.2, 0) is 23.7 Å². The minimum atomic E-state index is -1.05. The third-order valence-electron chi connectivity index (χ3n) is 4.84. The quantitative estimate of drug-likeness (QED) is 0.167. The van der Waals surface area contributed by atoms with Crippen molar-refractivity contribution in [1.29, 1.82) is 0 Å². The highest BCUT2D eigenvalue weighted by Crippen LogP contribution is 2.30. The van der Waals surface area contributed by atoms with E-state index in [1.54, 1.807) is 12.1 Å². The Hall–Kier alpha value is -3.39. The Labute approximate surface area is 193 Å². The highest BCUT2D eigenvalue weighted by Gasteiger charge is 2.21. The fraction of sp³-hybridized carbons (Fsp3) is 0.400. The molecule has 1 aliphatic carbocycles. The molecule has 1 aromatic carbocycles. The molecule has 178 valence electrons. The third-order valence-corrected chi connectivity index (χ3v) is 4.84. The SMILES string of the molecule is C=CC(=O)OCCOC(=O)c1ccccc1C(=O)OCC(O)COC(C(=C)C)=C1CCCC1. The monoisotopic (exact) mass is 458 g/mol. The van der Waals surface area contributed by atoms with Gasteiger partial charge >= 0.3 is 17.9 Å². The lowest BCUT2D eigenvalue weighted by Gasteiger charge is -2.17. The fourth-order valence-electron chi connectivity index (χ4n) is 3.29. The van der Waals surface area contributed by atoms with E-state index in [2.05, 4.69) is 13.2 Å². The van der Waals surface area contributed by atoms with Gasteiger partial charge < -0.3 is 24.1 Å². The van der Waals surface area contributed by atoms with Crippen LogP contribution in [0.15, 0.2) is 60.4 Å². The normalized spacial score (nSPS) is 13.6. The fourth-order valence-corrected chi connectivity index (χ4v) is 3.29. The summed E-state index contributed by atoms with van der Waals surface area (Å²) in [5, 5.41) is 10.2. The van der Waals surface area contributed by atoms with Gasteiger partial charge in [0.25, 0.3) is 0 Å². The maximum Gasteiger partial charge on any atom is 0.339 e. The first kappa shape index (κ1) is 25.9. The minimum Gasteiger partial charge on any atom is -0.491 e. The van der Waals surface area contributed by atoms with Crippen LogP contribution in [0.5, 0.6) is 0 Å². The zero-order chi connectivity index (χ0) is 24.2. The van der Waals surface area contributed by atoms with Gasteiger partial charge in [0, 0.05) is 6.08 Å². The van der Waals surface area contributed by atoms with Gasteiger partial charge in [0.05, 0.1) is 11.1 Å². The molecule has 33 heavy (non-hydrogen) atoms. The number of carbonyl (C=O) groups excluding carboxylic acids is 3. The number of aliphatic hydroxyl groups excluding tert-OH is 1. The lowest BCUT2D eigenvalue weighted by atomic mass is 10.1. The lowest BCUT2D eigenvalue weighted by Crippen LogP contribution is -2.25. The lowest BCUT2D eigenvalue weighted by molar-refractivity contribution is -0.138. The summed E-state index contributed by atoms with van der Waals surface area (Å²) in [6, 6.07) is 5.99. The van der Waals surface area contributed by atoms with E-state index in [-0.39, 0.29) is 37.6 Å². The molecule has 1 aromatic rings. The average Bonchev–Trinajstić information content (AvgIpc) is 3.34. The van der Waals surface area contributed by atoms with E-state index in [4.69, 9.17) is 18.9 Å². The molecule has 0 saturated heterocycles. The molecular weight excluding hydrogens is 428 g/mol. The Morgan fingerprint density at radius 3 is 2.09 bits per heavy atom. The summed E-state index contributed by atoms with van der Waals surface area (Å²) in [6.45, 7) is 8.37. The second-order valence-corrected chi connectivity index (χ2v) is 7.54. The van der Waals surface area contributed by atoms with Gasteiger partial charge in [0.1, 0.15) is 38.3 Å². The highest BCUT2D eigenvalue weighted by atomic mass is 16.6. The van der Waals surface area contributed by atoms with Gasteiger partial charge in [-0.05, 0) is 55.9 Å². The summed E-state index contributed by atoms with van der Waals surface area (Å²) >= 11 is 0. The van der Waals surface area contributed by atoms with Crippen LogP contribution in [0.25, 0.3) is 0 Å². The third kappa shape index (κ3) is 8.23. The number of esters is 3. The van der Waals surface area contributed by atoms with Crippen molar-refractivity contribution in [2.75, 3.05) is 26.4 Å². The number of hydrogen-bond donors (Lipinski definition) is 1. The van der Waals surface area contributed by atoms with Gasteiger partial charge in [-0.3, -0.25) is 0 Å². The highest BCUT2D eigenvalue weighted by molar-refractivity contribution is 6.03. The first-order valence-electron chi connectivity index (χ1n) is 10.7. The van der Waals surface area contributed by atoms with Gasteiger partial charge in [0.15, 0.2) is 0 Å². The van der Waals surface area contributed by atoms with Crippen molar-refractivity contribution < 1.29 is 38.4 Å². The summed E-state index contributed by atoms with van der Waals surface area (Å²) < 4.78 is 20.7. The summed E-state index contributed by atoms with van der Waals surface area (Å²) in [7, 11) is 0. The molecule has 8 heteroatoms. The first-order valence-corrected chi connectivity index (χ1v) is 10.7. The predicted octanol–water partition coefficient (Wildman–Crippen LogP) is 3.51. The smallest absolute Gasteiger partial charge is 0.339 e. The van der Waals surface area contributed by atoms with E-state index in [0.29, 0.717) is 5.76 Å².